The van der Waals surface area contributed by atoms with Gasteiger partial charge in [0.2, 0.25) is 5.96 Å². The predicted octanol–water partition coefficient (Wildman–Crippen LogP) is 3.19. The van der Waals surface area contributed by atoms with Gasteiger partial charge in [-0.05, 0) is 30.7 Å². The first-order valence-electron chi connectivity index (χ1n) is 9.82. The Morgan fingerprint density at radius 3 is 2.55 bits per heavy atom. The van der Waals surface area contributed by atoms with Gasteiger partial charge in [0.15, 0.2) is 12.2 Å². The van der Waals surface area contributed by atoms with Crippen molar-refractivity contribution < 1.29 is 14.7 Å². The number of aliphatic imine (C=N–C) groups is 1. The number of para-hydroxylation sites is 2. The number of phenolic OH excluding ortho intramolecular Hbond substituents is 1. The number of halogens is 1. The fraction of sp³-hybridized carbons (Fsp3) is 0.227. The molecule has 2 unspecified atom stereocenters. The molecule has 1 fully saturated rings. The lowest BCUT2D eigenvalue weighted by atomic mass is 10.1. The van der Waals surface area contributed by atoms with Gasteiger partial charge in [-0.25, -0.2) is 9.79 Å². The lowest BCUT2D eigenvalue weighted by Gasteiger charge is -2.40. The highest BCUT2D eigenvalue weighted by molar-refractivity contribution is 6.31. The van der Waals surface area contributed by atoms with Crippen molar-refractivity contribution in [1.82, 2.24) is 14.7 Å². The highest BCUT2D eigenvalue weighted by atomic mass is 35.5. The summed E-state index contributed by atoms with van der Waals surface area (Å²) in [6, 6.07) is 13.0. The van der Waals surface area contributed by atoms with Crippen molar-refractivity contribution in [2.45, 2.75) is 25.7 Å². The van der Waals surface area contributed by atoms with E-state index in [1.54, 1.807) is 53.2 Å². The number of imide groups is 1. The number of anilines is 1. The Kier molecular flexibility index (Phi) is 4.40. The van der Waals surface area contributed by atoms with Crippen LogP contribution in [-0.4, -0.2) is 57.0 Å². The van der Waals surface area contributed by atoms with Crippen LogP contribution in [0.1, 0.15) is 12.5 Å². The molecule has 0 aliphatic carbocycles. The Hall–Kier alpha value is -3.52. The number of aromatic hydroxyl groups is 1. The predicted molar refractivity (Wildman–Crippen MR) is 116 cm³/mol. The summed E-state index contributed by atoms with van der Waals surface area (Å²) < 4.78 is 0. The molecular weight excluding hydrogens is 418 g/mol. The standard InChI is InChI=1S/C22H20ClN5O3/c1-13-11-26-18-19(24-21(26)28(13)16-9-5-6-10-17(16)29)25(2)22(31)27(20(18)30)12-14-7-3-4-8-15(14)23/h3-11,18-19,29H,12H2,1-2H3. The maximum Gasteiger partial charge on any atom is 0.328 e. The molecule has 0 bridgehead atoms. The van der Waals surface area contributed by atoms with Crippen molar-refractivity contribution in [3.63, 3.8) is 0 Å². The zero-order valence-electron chi connectivity index (χ0n) is 16.9. The van der Waals surface area contributed by atoms with Crippen molar-refractivity contribution in [1.29, 1.82) is 0 Å². The molecule has 9 heteroatoms. The fourth-order valence-corrected chi connectivity index (χ4v) is 4.44. The Labute approximate surface area is 184 Å². The molecule has 2 atom stereocenters. The molecule has 3 aliphatic rings. The minimum absolute atomic E-state index is 0.0833. The fourth-order valence-electron chi connectivity index (χ4n) is 4.25. The average Bonchev–Trinajstić information content (AvgIpc) is 3.26. The highest BCUT2D eigenvalue weighted by Crippen LogP contribution is 2.39. The molecule has 0 saturated carbocycles. The number of hydrogen-bond acceptors (Lipinski definition) is 6. The topological polar surface area (TPSA) is 79.7 Å². The summed E-state index contributed by atoms with van der Waals surface area (Å²) in [6.45, 7) is 1.96. The summed E-state index contributed by atoms with van der Waals surface area (Å²) in [4.78, 5) is 37.4. The van der Waals surface area contributed by atoms with Gasteiger partial charge in [0.1, 0.15) is 5.75 Å². The average molecular weight is 438 g/mol. The first-order chi connectivity index (χ1) is 14.9. The molecule has 3 heterocycles. The first kappa shape index (κ1) is 19.4. The Bertz CT molecular complexity index is 1160. The molecule has 3 aliphatic heterocycles. The number of allylic oxidation sites excluding steroid dienone is 1. The number of likely N-dealkylation sites (N-methyl/N-ethyl adjacent to an activating group) is 1. The normalized spacial score (nSPS) is 22.5. The van der Waals surface area contributed by atoms with Gasteiger partial charge < -0.3 is 14.9 Å². The molecule has 31 heavy (non-hydrogen) atoms. The lowest BCUT2D eigenvalue weighted by molar-refractivity contribution is -0.137. The van der Waals surface area contributed by atoms with E-state index in [1.165, 1.54) is 9.80 Å². The third-order valence-electron chi connectivity index (χ3n) is 5.80. The summed E-state index contributed by atoms with van der Waals surface area (Å²) in [6.07, 6.45) is 1.17. The second-order valence-corrected chi connectivity index (χ2v) is 8.11. The molecule has 3 amide bonds. The van der Waals surface area contributed by atoms with Crippen LogP contribution in [0, 0.1) is 0 Å². The van der Waals surface area contributed by atoms with E-state index < -0.39 is 18.2 Å². The van der Waals surface area contributed by atoms with Gasteiger partial charge in [-0.2, -0.15) is 0 Å². The third kappa shape index (κ3) is 2.86. The maximum atomic E-state index is 13.5. The summed E-state index contributed by atoms with van der Waals surface area (Å²) in [5, 5.41) is 10.8. The van der Waals surface area contributed by atoms with Gasteiger partial charge in [-0.1, -0.05) is 41.9 Å². The van der Waals surface area contributed by atoms with Gasteiger partial charge in [-0.15, -0.1) is 0 Å². The number of guanidine groups is 1. The van der Waals surface area contributed by atoms with Crippen LogP contribution in [0.3, 0.4) is 0 Å². The summed E-state index contributed by atoms with van der Waals surface area (Å²) in [5.41, 5.74) is 2.06. The van der Waals surface area contributed by atoms with E-state index in [-0.39, 0.29) is 18.2 Å². The van der Waals surface area contributed by atoms with Crippen LogP contribution in [0.5, 0.6) is 5.75 Å². The molecule has 0 radical (unpaired) electrons. The first-order valence-corrected chi connectivity index (χ1v) is 10.2. The van der Waals surface area contributed by atoms with Gasteiger partial charge in [-0.3, -0.25) is 14.6 Å². The molecule has 158 valence electrons. The summed E-state index contributed by atoms with van der Waals surface area (Å²) >= 11 is 6.26. The van der Waals surface area contributed by atoms with Crippen LogP contribution >= 0.6 is 11.6 Å². The Balaban J connectivity index is 1.50. The van der Waals surface area contributed by atoms with Crippen LogP contribution in [0.2, 0.25) is 5.02 Å². The van der Waals surface area contributed by atoms with Crippen molar-refractivity contribution in [3.05, 3.63) is 71.0 Å². The number of amides is 3. The van der Waals surface area contributed by atoms with E-state index in [9.17, 15) is 14.7 Å². The highest BCUT2D eigenvalue weighted by Gasteiger charge is 2.54. The largest absolute Gasteiger partial charge is 0.506 e. The molecule has 2 aromatic carbocycles. The van der Waals surface area contributed by atoms with Gasteiger partial charge in [0.25, 0.3) is 5.91 Å². The molecule has 1 N–H and O–H groups in total. The minimum Gasteiger partial charge on any atom is -0.506 e. The number of nitrogens with zero attached hydrogens (tertiary/aromatic N) is 5. The van der Waals surface area contributed by atoms with Crippen molar-refractivity contribution in [3.8, 4) is 5.75 Å². The van der Waals surface area contributed by atoms with E-state index >= 15 is 0 Å². The number of carbonyl (C=O) groups excluding carboxylic acids is 2. The molecule has 8 nitrogen and oxygen atoms in total. The van der Waals surface area contributed by atoms with Crippen LogP contribution in [0.15, 0.2) is 65.4 Å². The van der Waals surface area contributed by atoms with Gasteiger partial charge in [0, 0.05) is 24.0 Å². The zero-order chi connectivity index (χ0) is 21.9. The number of carbonyl (C=O) groups is 2. The van der Waals surface area contributed by atoms with Gasteiger partial charge in [0.05, 0.1) is 12.2 Å². The van der Waals surface area contributed by atoms with Crippen molar-refractivity contribution in [2.75, 3.05) is 11.9 Å². The SMILES string of the molecule is CC1=CN2C(=NC3C2C(=O)N(Cc2ccccc2Cl)C(=O)N3C)N1c1ccccc1O. The van der Waals surface area contributed by atoms with Crippen LogP contribution in [-0.2, 0) is 11.3 Å². The number of benzene rings is 2. The quantitative estimate of drug-likeness (QED) is 0.797. The van der Waals surface area contributed by atoms with E-state index in [0.29, 0.717) is 22.2 Å². The van der Waals surface area contributed by atoms with E-state index in [1.807, 2.05) is 25.3 Å². The second kappa shape index (κ2) is 7.02. The zero-order valence-corrected chi connectivity index (χ0v) is 17.7. The maximum absolute atomic E-state index is 13.5. The number of urea groups is 1. The van der Waals surface area contributed by atoms with Crippen LogP contribution in [0.4, 0.5) is 10.5 Å². The monoisotopic (exact) mass is 437 g/mol. The summed E-state index contributed by atoms with van der Waals surface area (Å²) in [5.74, 6) is 0.266. The second-order valence-electron chi connectivity index (χ2n) is 7.70. The number of phenols is 1. The van der Waals surface area contributed by atoms with Crippen LogP contribution < -0.4 is 4.90 Å². The van der Waals surface area contributed by atoms with Gasteiger partial charge >= 0.3 is 6.03 Å². The third-order valence-corrected chi connectivity index (χ3v) is 6.17. The number of rotatable bonds is 3. The number of fused-ring (bicyclic) bond motifs is 3. The van der Waals surface area contributed by atoms with E-state index in [4.69, 9.17) is 16.6 Å². The molecule has 2 aromatic rings. The molecule has 1 saturated heterocycles. The number of hydrogen-bond donors (Lipinski definition) is 1. The molecule has 0 spiro atoms. The van der Waals surface area contributed by atoms with Crippen LogP contribution in [0.25, 0.3) is 0 Å². The van der Waals surface area contributed by atoms with Crippen molar-refractivity contribution >= 4 is 35.2 Å². The Morgan fingerprint density at radius 1 is 1.10 bits per heavy atom. The summed E-state index contributed by atoms with van der Waals surface area (Å²) in [7, 11) is 1.64. The van der Waals surface area contributed by atoms with E-state index in [0.717, 1.165) is 5.70 Å². The molecule has 5 rings (SSSR count). The smallest absolute Gasteiger partial charge is 0.328 e. The minimum atomic E-state index is -0.689. The van der Waals surface area contributed by atoms with E-state index in [2.05, 4.69) is 0 Å². The van der Waals surface area contributed by atoms with Crippen molar-refractivity contribution in [2.24, 2.45) is 4.99 Å². The Morgan fingerprint density at radius 2 is 1.81 bits per heavy atom. The molecule has 0 aromatic heterocycles. The molecular formula is C22H20ClN5O3. The lowest BCUT2D eigenvalue weighted by Crippen LogP contribution is -2.63.